The van der Waals surface area contributed by atoms with Crippen molar-refractivity contribution in [2.45, 2.75) is 98.3 Å². The zero-order valence-electron chi connectivity index (χ0n) is 24.7. The Morgan fingerprint density at radius 1 is 0.884 bits per heavy atom. The first kappa shape index (κ1) is 28.8. The van der Waals surface area contributed by atoms with Crippen LogP contribution in [0, 0.1) is 5.92 Å². The topological polar surface area (TPSA) is 78.9 Å². The minimum Gasteiger partial charge on any atom is -0.466 e. The molecule has 226 valence electrons. The lowest BCUT2D eigenvalue weighted by Gasteiger charge is -2.25. The summed E-state index contributed by atoms with van der Waals surface area (Å²) in [6, 6.07) is 26.1. The standard InChI is InChI=1S/C36H40O6S/c1-2-40-35(37)31(28-15-18-32(30(22-28)25-13-14-25)43(38,39)29-16-17-29)21-24-19-20-36(23-24)41-33(26-9-5-3-6-10-26)34(42-36)27-11-7-4-8-12-27/h3-12,15,18,22,24-25,29,31,33-34H,2,13-14,16-17,19-21,23H2,1H3/t24-,31?,33-,34-/m1/s1. The van der Waals surface area contributed by atoms with E-state index in [4.69, 9.17) is 14.2 Å². The smallest absolute Gasteiger partial charge is 0.313 e. The van der Waals surface area contributed by atoms with E-state index in [1.165, 1.54) is 0 Å². The summed E-state index contributed by atoms with van der Waals surface area (Å²) >= 11 is 0. The fourth-order valence-electron chi connectivity index (χ4n) is 7.13. The lowest BCUT2D eigenvalue weighted by molar-refractivity contribution is -0.173. The maximum absolute atomic E-state index is 13.4. The number of benzene rings is 3. The average molecular weight is 601 g/mol. The first-order valence-electron chi connectivity index (χ1n) is 15.9. The van der Waals surface area contributed by atoms with Crippen LogP contribution in [0.2, 0.25) is 0 Å². The van der Waals surface area contributed by atoms with Gasteiger partial charge in [-0.2, -0.15) is 0 Å². The molecule has 1 unspecified atom stereocenters. The van der Waals surface area contributed by atoms with Gasteiger partial charge in [-0.15, -0.1) is 0 Å². The summed E-state index contributed by atoms with van der Waals surface area (Å²) in [4.78, 5) is 13.9. The van der Waals surface area contributed by atoms with Crippen molar-refractivity contribution in [3.8, 4) is 0 Å². The quantitative estimate of drug-likeness (QED) is 0.224. The third kappa shape index (κ3) is 5.79. The molecule has 1 spiro atoms. The molecule has 0 N–H and O–H groups in total. The molecule has 4 aliphatic rings. The van der Waals surface area contributed by atoms with Gasteiger partial charge in [0, 0.05) is 12.8 Å². The van der Waals surface area contributed by atoms with Gasteiger partial charge in [-0.1, -0.05) is 72.8 Å². The van der Waals surface area contributed by atoms with Crippen molar-refractivity contribution in [2.75, 3.05) is 6.61 Å². The van der Waals surface area contributed by atoms with E-state index in [-0.39, 0.29) is 35.3 Å². The van der Waals surface area contributed by atoms with E-state index in [2.05, 4.69) is 24.3 Å². The van der Waals surface area contributed by atoms with E-state index >= 15 is 0 Å². The van der Waals surface area contributed by atoms with Crippen molar-refractivity contribution in [2.24, 2.45) is 5.92 Å². The Labute approximate surface area is 254 Å². The van der Waals surface area contributed by atoms with E-state index in [1.807, 2.05) is 55.5 Å². The Bertz CT molecular complexity index is 1510. The summed E-state index contributed by atoms with van der Waals surface area (Å²) in [5.41, 5.74) is 3.93. The summed E-state index contributed by atoms with van der Waals surface area (Å²) < 4.78 is 45.7. The van der Waals surface area contributed by atoms with Crippen LogP contribution in [0.1, 0.15) is 105 Å². The third-order valence-corrected chi connectivity index (χ3v) is 11.9. The summed E-state index contributed by atoms with van der Waals surface area (Å²) in [5.74, 6) is -0.982. The number of esters is 1. The fourth-order valence-corrected chi connectivity index (χ4v) is 9.05. The summed E-state index contributed by atoms with van der Waals surface area (Å²) in [6.07, 6.45) is 5.96. The van der Waals surface area contributed by atoms with Gasteiger partial charge >= 0.3 is 5.97 Å². The van der Waals surface area contributed by atoms with Gasteiger partial charge in [-0.25, -0.2) is 8.42 Å². The highest BCUT2D eigenvalue weighted by atomic mass is 32.2. The highest BCUT2D eigenvalue weighted by Crippen LogP contribution is 2.55. The molecule has 3 aromatic rings. The zero-order valence-corrected chi connectivity index (χ0v) is 25.5. The van der Waals surface area contributed by atoms with Gasteiger partial charge in [0.25, 0.3) is 0 Å². The van der Waals surface area contributed by atoms with Gasteiger partial charge < -0.3 is 14.2 Å². The number of hydrogen-bond donors (Lipinski definition) is 0. The molecule has 4 atom stereocenters. The molecule has 1 saturated heterocycles. The van der Waals surface area contributed by atoms with Gasteiger partial charge in [0.15, 0.2) is 15.6 Å². The van der Waals surface area contributed by atoms with Gasteiger partial charge in [0.2, 0.25) is 0 Å². The molecule has 1 heterocycles. The maximum atomic E-state index is 13.4. The zero-order chi connectivity index (χ0) is 29.6. The average Bonchev–Trinajstić information content (AvgIpc) is 3.97. The molecule has 4 fully saturated rings. The van der Waals surface area contributed by atoms with Crippen LogP contribution in [0.4, 0.5) is 0 Å². The van der Waals surface area contributed by atoms with Crippen LogP contribution >= 0.6 is 0 Å². The first-order chi connectivity index (χ1) is 20.9. The van der Waals surface area contributed by atoms with Gasteiger partial charge in [0.1, 0.15) is 12.2 Å². The molecule has 3 saturated carbocycles. The van der Waals surface area contributed by atoms with Gasteiger partial charge in [0.05, 0.1) is 22.7 Å². The van der Waals surface area contributed by atoms with Crippen LogP contribution in [0.15, 0.2) is 83.8 Å². The number of sulfone groups is 1. The molecule has 7 heteroatoms. The lowest BCUT2D eigenvalue weighted by atomic mass is 9.86. The second kappa shape index (κ2) is 11.5. The summed E-state index contributed by atoms with van der Waals surface area (Å²) in [6.45, 7) is 2.13. The normalized spacial score (nSPS) is 25.6. The van der Waals surface area contributed by atoms with Crippen LogP contribution < -0.4 is 0 Å². The Hall–Kier alpha value is -3.00. The maximum Gasteiger partial charge on any atom is 0.313 e. The molecule has 43 heavy (non-hydrogen) atoms. The largest absolute Gasteiger partial charge is 0.466 e. The Balaban J connectivity index is 1.14. The van der Waals surface area contributed by atoms with Crippen molar-refractivity contribution in [3.63, 3.8) is 0 Å². The summed E-state index contributed by atoms with van der Waals surface area (Å²) in [5, 5.41) is -0.253. The lowest BCUT2D eigenvalue weighted by Crippen LogP contribution is -2.27. The molecule has 0 amide bonds. The van der Waals surface area contributed by atoms with E-state index in [0.29, 0.717) is 24.3 Å². The Morgan fingerprint density at radius 2 is 1.51 bits per heavy atom. The van der Waals surface area contributed by atoms with Crippen LogP contribution in [-0.2, 0) is 28.8 Å². The summed E-state index contributed by atoms with van der Waals surface area (Å²) in [7, 11) is -3.32. The van der Waals surface area contributed by atoms with Crippen molar-refractivity contribution in [1.82, 2.24) is 0 Å². The molecule has 7 rings (SSSR count). The molecule has 3 aromatic carbocycles. The van der Waals surface area contributed by atoms with Crippen molar-refractivity contribution in [1.29, 1.82) is 0 Å². The van der Waals surface area contributed by atoms with E-state index in [0.717, 1.165) is 60.8 Å². The van der Waals surface area contributed by atoms with Gasteiger partial charge in [-0.3, -0.25) is 4.79 Å². The van der Waals surface area contributed by atoms with Crippen LogP contribution in [0.3, 0.4) is 0 Å². The molecule has 6 nitrogen and oxygen atoms in total. The Morgan fingerprint density at radius 3 is 2.07 bits per heavy atom. The number of hydrogen-bond acceptors (Lipinski definition) is 6. The SMILES string of the molecule is CCOC(=O)C(C[C@H]1CCC2(C1)O[C@H](c1ccccc1)[C@@H](c1ccccc1)O2)c1ccc(S(=O)(=O)C2CC2)c(C2CC2)c1. The Kier molecular flexibility index (Phi) is 7.68. The number of rotatable bonds is 10. The molecule has 0 aromatic heterocycles. The van der Waals surface area contributed by atoms with Crippen molar-refractivity contribution < 1.29 is 27.4 Å². The first-order valence-corrected chi connectivity index (χ1v) is 17.4. The van der Waals surface area contributed by atoms with Crippen molar-refractivity contribution >= 4 is 15.8 Å². The van der Waals surface area contributed by atoms with Crippen LogP contribution in [0.5, 0.6) is 0 Å². The van der Waals surface area contributed by atoms with E-state index in [1.54, 1.807) is 6.07 Å². The number of carbonyl (C=O) groups is 1. The molecule has 0 radical (unpaired) electrons. The molecular weight excluding hydrogens is 560 g/mol. The molecular formula is C36H40O6S. The fraction of sp³-hybridized carbons (Fsp3) is 0.472. The highest BCUT2D eigenvalue weighted by Gasteiger charge is 2.53. The predicted octanol–water partition coefficient (Wildman–Crippen LogP) is 7.56. The number of ether oxygens (including phenoxy) is 3. The predicted molar refractivity (Wildman–Crippen MR) is 163 cm³/mol. The third-order valence-electron chi connectivity index (χ3n) is 9.61. The minimum absolute atomic E-state index is 0.194. The molecule has 1 aliphatic heterocycles. The number of carbonyl (C=O) groups excluding carboxylic acids is 1. The van der Waals surface area contributed by atoms with E-state index < -0.39 is 21.5 Å². The molecule has 0 bridgehead atoms. The van der Waals surface area contributed by atoms with E-state index in [9.17, 15) is 13.2 Å². The van der Waals surface area contributed by atoms with Gasteiger partial charge in [-0.05, 0) is 85.6 Å². The second-order valence-electron chi connectivity index (χ2n) is 12.8. The monoisotopic (exact) mass is 600 g/mol. The van der Waals surface area contributed by atoms with Crippen LogP contribution in [0.25, 0.3) is 0 Å². The highest BCUT2D eigenvalue weighted by molar-refractivity contribution is 7.92. The minimum atomic E-state index is -3.32. The van der Waals surface area contributed by atoms with Crippen molar-refractivity contribution in [3.05, 3.63) is 101 Å². The van der Waals surface area contributed by atoms with Crippen LogP contribution in [-0.4, -0.2) is 32.0 Å². The molecule has 3 aliphatic carbocycles. The second-order valence-corrected chi connectivity index (χ2v) is 15.0.